The quantitative estimate of drug-likeness (QED) is 0.812. The van der Waals surface area contributed by atoms with E-state index in [4.69, 9.17) is 5.11 Å². The summed E-state index contributed by atoms with van der Waals surface area (Å²) < 4.78 is 0. The van der Waals surface area contributed by atoms with Crippen LogP contribution in [0.2, 0.25) is 0 Å². The van der Waals surface area contributed by atoms with E-state index < -0.39 is 11.9 Å². The predicted octanol–water partition coefficient (Wildman–Crippen LogP) is 2.53. The zero-order chi connectivity index (χ0) is 14.5. The Morgan fingerprint density at radius 3 is 2.80 bits per heavy atom. The summed E-state index contributed by atoms with van der Waals surface area (Å²) in [7, 11) is 0. The number of hydrogen-bond donors (Lipinski definition) is 2. The molecule has 0 radical (unpaired) electrons. The van der Waals surface area contributed by atoms with Gasteiger partial charge in [0.1, 0.15) is 0 Å². The molecule has 1 aliphatic rings. The van der Waals surface area contributed by atoms with Crippen LogP contribution in [-0.2, 0) is 11.3 Å². The molecule has 1 aromatic rings. The maximum Gasteiger partial charge on any atom is 0.317 e. The number of amides is 2. The van der Waals surface area contributed by atoms with Gasteiger partial charge in [0.05, 0.1) is 5.92 Å². The average molecular weight is 296 g/mol. The van der Waals surface area contributed by atoms with Crippen LogP contribution in [0.3, 0.4) is 0 Å². The number of nitrogens with one attached hydrogen (secondary N) is 1. The SMILES string of the molecule is CCC(CNC(=O)N(Cc1ccsc1)C1CC1)C(=O)O. The van der Waals surface area contributed by atoms with E-state index in [2.05, 4.69) is 5.32 Å². The molecular formula is C14H20N2O3S. The summed E-state index contributed by atoms with van der Waals surface area (Å²) in [6, 6.07) is 2.16. The van der Waals surface area contributed by atoms with E-state index in [1.807, 2.05) is 28.7 Å². The number of urea groups is 1. The fourth-order valence-corrected chi connectivity index (χ4v) is 2.71. The van der Waals surface area contributed by atoms with Crippen molar-refractivity contribution in [1.82, 2.24) is 10.2 Å². The van der Waals surface area contributed by atoms with E-state index in [1.54, 1.807) is 11.3 Å². The monoisotopic (exact) mass is 296 g/mol. The van der Waals surface area contributed by atoms with Crippen LogP contribution in [0.1, 0.15) is 31.7 Å². The molecule has 2 amide bonds. The maximum absolute atomic E-state index is 12.2. The van der Waals surface area contributed by atoms with Crippen molar-refractivity contribution in [2.75, 3.05) is 6.54 Å². The third-order valence-corrected chi connectivity index (χ3v) is 4.26. The molecule has 110 valence electrons. The lowest BCUT2D eigenvalue weighted by atomic mass is 10.1. The molecule has 1 unspecified atom stereocenters. The Morgan fingerprint density at radius 1 is 1.55 bits per heavy atom. The molecule has 0 aliphatic heterocycles. The van der Waals surface area contributed by atoms with Gasteiger partial charge in [0, 0.05) is 19.1 Å². The van der Waals surface area contributed by atoms with Gasteiger partial charge in [-0.25, -0.2) is 4.79 Å². The first-order valence-corrected chi connectivity index (χ1v) is 7.84. The molecule has 2 N–H and O–H groups in total. The van der Waals surface area contributed by atoms with Crippen LogP contribution >= 0.6 is 11.3 Å². The average Bonchev–Trinajstić information content (AvgIpc) is 3.13. The summed E-state index contributed by atoms with van der Waals surface area (Å²) in [6.45, 7) is 2.61. The van der Waals surface area contributed by atoms with Gasteiger partial charge in [0.25, 0.3) is 0 Å². The minimum Gasteiger partial charge on any atom is -0.481 e. The minimum absolute atomic E-state index is 0.154. The van der Waals surface area contributed by atoms with Gasteiger partial charge in [0.2, 0.25) is 0 Å². The van der Waals surface area contributed by atoms with Crippen molar-refractivity contribution in [3.8, 4) is 0 Å². The molecule has 1 atom stereocenters. The van der Waals surface area contributed by atoms with Crippen LogP contribution in [0.5, 0.6) is 0 Å². The summed E-state index contributed by atoms with van der Waals surface area (Å²) >= 11 is 1.62. The molecule has 0 bridgehead atoms. The molecule has 1 saturated carbocycles. The highest BCUT2D eigenvalue weighted by molar-refractivity contribution is 7.07. The molecule has 1 fully saturated rings. The number of thiophene rings is 1. The van der Waals surface area contributed by atoms with Gasteiger partial charge < -0.3 is 15.3 Å². The number of rotatable bonds is 7. The molecule has 1 aromatic heterocycles. The molecular weight excluding hydrogens is 276 g/mol. The van der Waals surface area contributed by atoms with E-state index in [-0.39, 0.29) is 12.6 Å². The highest BCUT2D eigenvalue weighted by atomic mass is 32.1. The molecule has 1 heterocycles. The summed E-state index contributed by atoms with van der Waals surface area (Å²) in [6.07, 6.45) is 2.59. The van der Waals surface area contributed by atoms with Crippen molar-refractivity contribution in [1.29, 1.82) is 0 Å². The van der Waals surface area contributed by atoms with E-state index in [1.165, 1.54) is 0 Å². The number of hydrogen-bond acceptors (Lipinski definition) is 3. The number of nitrogens with zero attached hydrogens (tertiary/aromatic N) is 1. The van der Waals surface area contributed by atoms with Gasteiger partial charge in [0.15, 0.2) is 0 Å². The van der Waals surface area contributed by atoms with Crippen LogP contribution < -0.4 is 5.32 Å². The van der Waals surface area contributed by atoms with E-state index in [0.717, 1.165) is 18.4 Å². The number of aliphatic carboxylic acids is 1. The van der Waals surface area contributed by atoms with Gasteiger partial charge in [-0.05, 0) is 41.7 Å². The Balaban J connectivity index is 1.89. The van der Waals surface area contributed by atoms with Gasteiger partial charge >= 0.3 is 12.0 Å². The fraction of sp³-hybridized carbons (Fsp3) is 0.571. The van der Waals surface area contributed by atoms with Gasteiger partial charge in [-0.2, -0.15) is 11.3 Å². The van der Waals surface area contributed by atoms with Crippen molar-refractivity contribution < 1.29 is 14.7 Å². The Kier molecular flexibility index (Phi) is 5.00. The number of carbonyl (C=O) groups excluding carboxylic acids is 1. The number of carboxylic acids is 1. The van der Waals surface area contributed by atoms with Crippen molar-refractivity contribution in [2.24, 2.45) is 5.92 Å². The summed E-state index contributed by atoms with van der Waals surface area (Å²) in [4.78, 5) is 25.0. The fourth-order valence-electron chi connectivity index (χ4n) is 2.05. The molecule has 0 spiro atoms. The number of carbonyl (C=O) groups is 2. The second-order valence-corrected chi connectivity index (χ2v) is 5.90. The second-order valence-electron chi connectivity index (χ2n) is 5.12. The molecule has 1 aliphatic carbocycles. The summed E-state index contributed by atoms with van der Waals surface area (Å²) in [5.41, 5.74) is 1.13. The molecule has 0 saturated heterocycles. The topological polar surface area (TPSA) is 69.6 Å². The molecule has 20 heavy (non-hydrogen) atoms. The highest BCUT2D eigenvalue weighted by Gasteiger charge is 2.33. The van der Waals surface area contributed by atoms with Crippen LogP contribution in [-0.4, -0.2) is 34.6 Å². The largest absolute Gasteiger partial charge is 0.481 e. The van der Waals surface area contributed by atoms with Crippen LogP contribution in [0.25, 0.3) is 0 Å². The summed E-state index contributed by atoms with van der Waals surface area (Å²) in [5, 5.41) is 15.8. The Bertz CT molecular complexity index is 457. The second kappa shape index (κ2) is 6.74. The highest BCUT2D eigenvalue weighted by Crippen LogP contribution is 2.28. The van der Waals surface area contributed by atoms with Crippen LogP contribution in [0, 0.1) is 5.92 Å². The van der Waals surface area contributed by atoms with Crippen molar-refractivity contribution in [3.63, 3.8) is 0 Å². The lowest BCUT2D eigenvalue weighted by Crippen LogP contribution is -2.43. The van der Waals surface area contributed by atoms with Crippen LogP contribution in [0.4, 0.5) is 4.79 Å². The van der Waals surface area contributed by atoms with E-state index in [9.17, 15) is 9.59 Å². The van der Waals surface area contributed by atoms with E-state index >= 15 is 0 Å². The Hall–Kier alpha value is -1.56. The first-order chi connectivity index (χ1) is 9.61. The smallest absolute Gasteiger partial charge is 0.317 e. The first kappa shape index (κ1) is 14.8. The molecule has 0 aromatic carbocycles. The summed E-state index contributed by atoms with van der Waals surface area (Å²) in [5.74, 6) is -1.37. The normalized spacial score (nSPS) is 15.7. The van der Waals surface area contributed by atoms with E-state index in [0.29, 0.717) is 19.0 Å². The maximum atomic E-state index is 12.2. The Morgan fingerprint density at radius 2 is 2.30 bits per heavy atom. The lowest BCUT2D eigenvalue weighted by Gasteiger charge is -2.23. The minimum atomic E-state index is -0.858. The van der Waals surface area contributed by atoms with Crippen LogP contribution in [0.15, 0.2) is 16.8 Å². The van der Waals surface area contributed by atoms with Crippen molar-refractivity contribution in [3.05, 3.63) is 22.4 Å². The third-order valence-electron chi connectivity index (χ3n) is 3.52. The third kappa shape index (κ3) is 3.96. The first-order valence-electron chi connectivity index (χ1n) is 6.90. The lowest BCUT2D eigenvalue weighted by molar-refractivity contribution is -0.141. The van der Waals surface area contributed by atoms with Crippen molar-refractivity contribution in [2.45, 2.75) is 38.8 Å². The van der Waals surface area contributed by atoms with Gasteiger partial charge in [-0.3, -0.25) is 4.79 Å². The molecule has 2 rings (SSSR count). The Labute approximate surface area is 122 Å². The standard InChI is InChI=1S/C14H20N2O3S/c1-2-11(13(17)18)7-15-14(19)16(12-3-4-12)8-10-5-6-20-9-10/h5-6,9,11-12H,2-4,7-8H2,1H3,(H,15,19)(H,17,18). The molecule has 5 nitrogen and oxygen atoms in total. The number of carboxylic acid groups (broad SMARTS) is 1. The zero-order valence-electron chi connectivity index (χ0n) is 11.5. The molecule has 6 heteroatoms. The van der Waals surface area contributed by atoms with Crippen molar-refractivity contribution >= 4 is 23.3 Å². The van der Waals surface area contributed by atoms with Gasteiger partial charge in [-0.1, -0.05) is 6.92 Å². The van der Waals surface area contributed by atoms with Gasteiger partial charge in [-0.15, -0.1) is 0 Å². The predicted molar refractivity (Wildman–Crippen MR) is 77.7 cm³/mol. The zero-order valence-corrected chi connectivity index (χ0v) is 12.4.